The first-order valence-corrected chi connectivity index (χ1v) is 6.69. The van der Waals surface area contributed by atoms with Crippen molar-refractivity contribution in [3.63, 3.8) is 0 Å². The standard InChI is InChI=1S/C15H22N2O2/c1-3-14(18)8-9-17-11-13-4-6-15(7-5-13)19-12(2)10-16/h4-7,12,14,17-18H,3,8-9,11H2,1-2H3. The molecule has 0 spiro atoms. The van der Waals surface area contributed by atoms with Crippen molar-refractivity contribution in [1.82, 2.24) is 5.32 Å². The van der Waals surface area contributed by atoms with E-state index in [9.17, 15) is 5.11 Å². The zero-order valence-corrected chi connectivity index (χ0v) is 11.6. The number of nitrogens with one attached hydrogen (secondary N) is 1. The van der Waals surface area contributed by atoms with Crippen LogP contribution >= 0.6 is 0 Å². The van der Waals surface area contributed by atoms with Crippen LogP contribution in [0.3, 0.4) is 0 Å². The number of ether oxygens (including phenoxy) is 1. The lowest BCUT2D eigenvalue weighted by molar-refractivity contribution is 0.159. The number of rotatable bonds is 8. The molecule has 0 saturated heterocycles. The van der Waals surface area contributed by atoms with E-state index < -0.39 is 6.10 Å². The second-order valence-electron chi connectivity index (χ2n) is 4.56. The summed E-state index contributed by atoms with van der Waals surface area (Å²) in [6.07, 6.45) is 0.928. The van der Waals surface area contributed by atoms with Gasteiger partial charge in [0.1, 0.15) is 11.8 Å². The highest BCUT2D eigenvalue weighted by atomic mass is 16.5. The topological polar surface area (TPSA) is 65.3 Å². The molecular formula is C15H22N2O2. The first-order valence-electron chi connectivity index (χ1n) is 6.69. The number of nitrogens with zero attached hydrogens (tertiary/aromatic N) is 1. The second-order valence-corrected chi connectivity index (χ2v) is 4.56. The van der Waals surface area contributed by atoms with Gasteiger partial charge < -0.3 is 15.2 Å². The second kappa shape index (κ2) is 8.52. The van der Waals surface area contributed by atoms with Crippen molar-refractivity contribution in [3.05, 3.63) is 29.8 Å². The summed E-state index contributed by atoms with van der Waals surface area (Å²) < 4.78 is 5.38. The van der Waals surface area contributed by atoms with Crippen LogP contribution in [-0.2, 0) is 6.54 Å². The van der Waals surface area contributed by atoms with Crippen molar-refractivity contribution in [2.45, 2.75) is 45.4 Å². The minimum atomic E-state index is -0.431. The summed E-state index contributed by atoms with van der Waals surface area (Å²) in [7, 11) is 0. The van der Waals surface area contributed by atoms with Crippen molar-refractivity contribution < 1.29 is 9.84 Å². The summed E-state index contributed by atoms with van der Waals surface area (Å²) in [5.74, 6) is 0.708. The largest absolute Gasteiger partial charge is 0.476 e. The molecule has 2 unspecified atom stereocenters. The van der Waals surface area contributed by atoms with E-state index in [-0.39, 0.29) is 6.10 Å². The Labute approximate surface area is 115 Å². The third kappa shape index (κ3) is 6.23. The summed E-state index contributed by atoms with van der Waals surface area (Å²) >= 11 is 0. The van der Waals surface area contributed by atoms with Crippen LogP contribution in [0.15, 0.2) is 24.3 Å². The van der Waals surface area contributed by atoms with Gasteiger partial charge in [-0.05, 0) is 44.0 Å². The lowest BCUT2D eigenvalue weighted by Crippen LogP contribution is -2.19. The molecule has 1 rings (SSSR count). The molecule has 104 valence electrons. The minimum absolute atomic E-state index is 0.212. The van der Waals surface area contributed by atoms with Crippen molar-refractivity contribution in [2.24, 2.45) is 0 Å². The number of aliphatic hydroxyl groups is 1. The summed E-state index contributed by atoms with van der Waals surface area (Å²) in [5.41, 5.74) is 1.16. The number of nitriles is 1. The maximum atomic E-state index is 9.42. The molecule has 2 atom stereocenters. The highest BCUT2D eigenvalue weighted by Gasteiger charge is 2.02. The molecule has 0 heterocycles. The van der Waals surface area contributed by atoms with Crippen LogP contribution < -0.4 is 10.1 Å². The quantitative estimate of drug-likeness (QED) is 0.705. The molecule has 2 N–H and O–H groups in total. The van der Waals surface area contributed by atoms with Gasteiger partial charge in [-0.1, -0.05) is 19.1 Å². The smallest absolute Gasteiger partial charge is 0.181 e. The van der Waals surface area contributed by atoms with Gasteiger partial charge in [0, 0.05) is 6.54 Å². The molecule has 0 radical (unpaired) electrons. The van der Waals surface area contributed by atoms with Crippen molar-refractivity contribution >= 4 is 0 Å². The van der Waals surface area contributed by atoms with Gasteiger partial charge in [0.05, 0.1) is 6.10 Å². The van der Waals surface area contributed by atoms with E-state index >= 15 is 0 Å². The summed E-state index contributed by atoms with van der Waals surface area (Å²) in [5, 5.41) is 21.4. The van der Waals surface area contributed by atoms with E-state index in [0.29, 0.717) is 5.75 Å². The number of aliphatic hydroxyl groups excluding tert-OH is 1. The Kier molecular flexibility index (Phi) is 6.94. The van der Waals surface area contributed by atoms with E-state index in [0.717, 1.165) is 31.5 Å². The minimum Gasteiger partial charge on any atom is -0.476 e. The average Bonchev–Trinajstić information content (AvgIpc) is 2.44. The highest BCUT2D eigenvalue weighted by Crippen LogP contribution is 2.13. The molecule has 0 aliphatic heterocycles. The lowest BCUT2D eigenvalue weighted by Gasteiger charge is -2.10. The molecule has 0 bridgehead atoms. The molecule has 0 amide bonds. The number of hydrogen-bond acceptors (Lipinski definition) is 4. The first-order chi connectivity index (χ1) is 9.15. The molecule has 1 aromatic rings. The van der Waals surface area contributed by atoms with Gasteiger partial charge in [-0.2, -0.15) is 5.26 Å². The normalized spacial score (nSPS) is 13.6. The summed E-state index contributed by atoms with van der Waals surface area (Å²) in [4.78, 5) is 0. The molecule has 0 saturated carbocycles. The molecular weight excluding hydrogens is 240 g/mol. The van der Waals surface area contributed by atoms with Gasteiger partial charge in [-0.25, -0.2) is 0 Å². The Bertz CT molecular complexity index is 398. The third-order valence-corrected chi connectivity index (χ3v) is 2.87. The van der Waals surface area contributed by atoms with Gasteiger partial charge in [-0.3, -0.25) is 0 Å². The molecule has 4 heteroatoms. The predicted octanol–water partition coefficient (Wildman–Crippen LogP) is 2.23. The zero-order chi connectivity index (χ0) is 14.1. The fraction of sp³-hybridized carbons (Fsp3) is 0.533. The van der Waals surface area contributed by atoms with E-state index in [2.05, 4.69) is 5.32 Å². The van der Waals surface area contributed by atoms with Crippen molar-refractivity contribution in [2.75, 3.05) is 6.54 Å². The molecule has 0 aliphatic rings. The Morgan fingerprint density at radius 3 is 2.63 bits per heavy atom. The maximum Gasteiger partial charge on any atom is 0.181 e. The van der Waals surface area contributed by atoms with Crippen LogP contribution in [0.1, 0.15) is 32.3 Å². The Morgan fingerprint density at radius 2 is 2.05 bits per heavy atom. The summed E-state index contributed by atoms with van der Waals surface area (Å²) in [6.45, 7) is 5.27. The first kappa shape index (κ1) is 15.5. The van der Waals surface area contributed by atoms with Crippen LogP contribution in [0.5, 0.6) is 5.75 Å². The predicted molar refractivity (Wildman–Crippen MR) is 74.8 cm³/mol. The Morgan fingerprint density at radius 1 is 1.37 bits per heavy atom. The van der Waals surface area contributed by atoms with E-state index in [1.165, 1.54) is 0 Å². The number of benzene rings is 1. The third-order valence-electron chi connectivity index (χ3n) is 2.87. The Balaban J connectivity index is 2.30. The fourth-order valence-corrected chi connectivity index (χ4v) is 1.62. The monoisotopic (exact) mass is 262 g/mol. The lowest BCUT2D eigenvalue weighted by atomic mass is 10.2. The van der Waals surface area contributed by atoms with Crippen LogP contribution in [0.25, 0.3) is 0 Å². The van der Waals surface area contributed by atoms with Gasteiger partial charge >= 0.3 is 0 Å². The molecule has 0 aliphatic carbocycles. The van der Waals surface area contributed by atoms with Crippen LogP contribution in [0, 0.1) is 11.3 Å². The zero-order valence-electron chi connectivity index (χ0n) is 11.6. The van der Waals surface area contributed by atoms with E-state index in [1.54, 1.807) is 6.92 Å². The average molecular weight is 262 g/mol. The molecule has 4 nitrogen and oxygen atoms in total. The van der Waals surface area contributed by atoms with Crippen LogP contribution in [0.2, 0.25) is 0 Å². The Hall–Kier alpha value is -1.57. The van der Waals surface area contributed by atoms with E-state index in [1.807, 2.05) is 37.3 Å². The maximum absolute atomic E-state index is 9.42. The molecule has 0 aromatic heterocycles. The highest BCUT2D eigenvalue weighted by molar-refractivity contribution is 5.27. The van der Waals surface area contributed by atoms with Gasteiger partial charge in [-0.15, -0.1) is 0 Å². The van der Waals surface area contributed by atoms with Crippen molar-refractivity contribution in [3.8, 4) is 11.8 Å². The van der Waals surface area contributed by atoms with Gasteiger partial charge in [0.15, 0.2) is 6.10 Å². The molecule has 19 heavy (non-hydrogen) atoms. The van der Waals surface area contributed by atoms with Crippen LogP contribution in [-0.4, -0.2) is 23.9 Å². The van der Waals surface area contributed by atoms with Crippen molar-refractivity contribution in [1.29, 1.82) is 5.26 Å². The SMILES string of the molecule is CCC(O)CCNCc1ccc(OC(C)C#N)cc1. The number of hydrogen-bond donors (Lipinski definition) is 2. The summed E-state index contributed by atoms with van der Waals surface area (Å²) in [6, 6.07) is 9.71. The van der Waals surface area contributed by atoms with E-state index in [4.69, 9.17) is 10.00 Å². The fourth-order valence-electron chi connectivity index (χ4n) is 1.62. The van der Waals surface area contributed by atoms with Gasteiger partial charge in [0.25, 0.3) is 0 Å². The molecule has 1 aromatic carbocycles. The van der Waals surface area contributed by atoms with Crippen LogP contribution in [0.4, 0.5) is 0 Å². The molecule has 0 fully saturated rings. The van der Waals surface area contributed by atoms with Gasteiger partial charge in [0.2, 0.25) is 0 Å².